The van der Waals surface area contributed by atoms with Gasteiger partial charge in [0.05, 0.1) is 10.6 Å². The molecule has 0 bridgehead atoms. The monoisotopic (exact) mass is 484 g/mol. The van der Waals surface area contributed by atoms with Crippen LogP contribution in [-0.4, -0.2) is 56.5 Å². The summed E-state index contributed by atoms with van der Waals surface area (Å²) in [5.74, 6) is -0.778. The van der Waals surface area contributed by atoms with E-state index >= 15 is 0 Å². The molecule has 2 aliphatic heterocycles. The average molecular weight is 485 g/mol. The number of rotatable bonds is 8. The molecule has 0 atom stereocenters. The minimum Gasteiger partial charge on any atom is -0.385 e. The Labute approximate surface area is 199 Å². The molecule has 0 aromatic heterocycles. The van der Waals surface area contributed by atoms with Crippen molar-refractivity contribution in [3.63, 3.8) is 0 Å². The van der Waals surface area contributed by atoms with Crippen LogP contribution >= 0.6 is 0 Å². The van der Waals surface area contributed by atoms with Crippen LogP contribution in [0.15, 0.2) is 58.6 Å². The molecule has 2 aromatic carbocycles. The number of oxime groups is 1. The molecule has 10 heteroatoms. The van der Waals surface area contributed by atoms with E-state index in [1.165, 1.54) is 16.4 Å². The van der Waals surface area contributed by atoms with E-state index in [0.29, 0.717) is 30.9 Å². The van der Waals surface area contributed by atoms with Crippen LogP contribution in [0.25, 0.3) is 0 Å². The Morgan fingerprint density at radius 1 is 1.09 bits per heavy atom. The molecule has 180 valence electrons. The Hall–Kier alpha value is -3.24. The summed E-state index contributed by atoms with van der Waals surface area (Å²) in [6.45, 7) is 3.13. The second-order valence-corrected chi connectivity index (χ2v) is 10.2. The Morgan fingerprint density at radius 3 is 2.62 bits per heavy atom. The van der Waals surface area contributed by atoms with E-state index in [9.17, 15) is 18.0 Å². The molecule has 0 spiro atoms. The maximum Gasteiger partial charge on any atom is 0.281 e. The summed E-state index contributed by atoms with van der Waals surface area (Å²) in [5.41, 5.74) is 1.94. The van der Waals surface area contributed by atoms with E-state index in [0.717, 1.165) is 31.4 Å². The van der Waals surface area contributed by atoms with Crippen LogP contribution in [0.5, 0.6) is 0 Å². The van der Waals surface area contributed by atoms with Crippen LogP contribution in [0.1, 0.15) is 38.2 Å². The molecule has 1 N–H and O–H groups in total. The molecule has 2 aromatic rings. The third kappa shape index (κ3) is 4.97. The zero-order valence-corrected chi connectivity index (χ0v) is 19.9. The normalized spacial score (nSPS) is 17.6. The van der Waals surface area contributed by atoms with Crippen LogP contribution in [0.4, 0.5) is 11.4 Å². The zero-order valence-electron chi connectivity index (χ0n) is 19.1. The zero-order chi connectivity index (χ0) is 24.1. The number of nitrogens with one attached hydrogen (secondary N) is 1. The smallest absolute Gasteiger partial charge is 0.281 e. The quantitative estimate of drug-likeness (QED) is 0.580. The molecular formula is C24H28N4O5S. The number of fused-ring (bicyclic) bond motifs is 1. The number of hydrogen-bond acceptors (Lipinski definition) is 6. The molecule has 0 radical (unpaired) electrons. The first-order valence-corrected chi connectivity index (χ1v) is 12.9. The standard InChI is InChI=1S/C24H28N4O5S/c1-2-13-28-21-12-5-4-11-20(21)23(24(28)30)26-33-17-22(29)25-18-9-8-10-19(16-18)34(31,32)27-14-6-3-7-15-27/h4-5,8-12,16H,2-3,6-7,13-15,17H2,1H3,(H,25,29)/b26-23-. The minimum absolute atomic E-state index is 0.137. The second kappa shape index (κ2) is 10.4. The van der Waals surface area contributed by atoms with Crippen LogP contribution in [0, 0.1) is 0 Å². The number of carbonyl (C=O) groups excluding carboxylic acids is 2. The summed E-state index contributed by atoms with van der Waals surface area (Å²) in [4.78, 5) is 32.1. The van der Waals surface area contributed by atoms with Gasteiger partial charge in [0.25, 0.3) is 11.8 Å². The van der Waals surface area contributed by atoms with Gasteiger partial charge in [-0.25, -0.2) is 8.42 Å². The van der Waals surface area contributed by atoms with Crippen molar-refractivity contribution in [1.29, 1.82) is 0 Å². The predicted octanol–water partition coefficient (Wildman–Crippen LogP) is 2.98. The SMILES string of the molecule is CCCN1C(=O)/C(=N\OCC(=O)Nc2cccc(S(=O)(=O)N3CCCCC3)c2)c2ccccc21. The third-order valence-corrected chi connectivity index (χ3v) is 7.66. The van der Waals surface area contributed by atoms with Gasteiger partial charge in [0.1, 0.15) is 0 Å². The van der Waals surface area contributed by atoms with Crippen molar-refractivity contribution < 1.29 is 22.8 Å². The molecule has 34 heavy (non-hydrogen) atoms. The highest BCUT2D eigenvalue weighted by molar-refractivity contribution is 7.89. The molecule has 4 rings (SSSR count). The van der Waals surface area contributed by atoms with Gasteiger partial charge in [0.2, 0.25) is 10.0 Å². The molecule has 2 amide bonds. The van der Waals surface area contributed by atoms with Crippen molar-refractivity contribution in [3.8, 4) is 0 Å². The van der Waals surface area contributed by atoms with Gasteiger partial charge in [-0.05, 0) is 43.5 Å². The summed E-state index contributed by atoms with van der Waals surface area (Å²) in [6, 6.07) is 13.5. The van der Waals surface area contributed by atoms with Crippen LogP contribution in [0.3, 0.4) is 0 Å². The van der Waals surface area contributed by atoms with E-state index in [1.54, 1.807) is 23.1 Å². The number of nitrogens with zero attached hydrogens (tertiary/aromatic N) is 3. The lowest BCUT2D eigenvalue weighted by molar-refractivity contribution is -0.121. The topological polar surface area (TPSA) is 108 Å². The first-order valence-electron chi connectivity index (χ1n) is 11.4. The molecular weight excluding hydrogens is 456 g/mol. The molecule has 0 saturated carbocycles. The highest BCUT2D eigenvalue weighted by Gasteiger charge is 2.33. The lowest BCUT2D eigenvalue weighted by atomic mass is 10.1. The van der Waals surface area contributed by atoms with Crippen molar-refractivity contribution in [2.45, 2.75) is 37.5 Å². The number of carbonyl (C=O) groups is 2. The first kappa shape index (κ1) is 23.9. The molecule has 2 aliphatic rings. The number of hydrogen-bond donors (Lipinski definition) is 1. The van der Waals surface area contributed by atoms with E-state index in [4.69, 9.17) is 4.84 Å². The minimum atomic E-state index is -3.61. The molecule has 9 nitrogen and oxygen atoms in total. The third-order valence-electron chi connectivity index (χ3n) is 5.77. The number of anilines is 2. The Morgan fingerprint density at radius 2 is 1.85 bits per heavy atom. The highest BCUT2D eigenvalue weighted by atomic mass is 32.2. The van der Waals surface area contributed by atoms with Crippen molar-refractivity contribution >= 4 is 38.9 Å². The molecule has 0 unspecified atom stereocenters. The molecule has 0 aliphatic carbocycles. The van der Waals surface area contributed by atoms with Gasteiger partial charge in [-0.15, -0.1) is 0 Å². The van der Waals surface area contributed by atoms with Gasteiger partial charge in [0, 0.05) is 30.9 Å². The fourth-order valence-corrected chi connectivity index (χ4v) is 5.70. The van der Waals surface area contributed by atoms with Crippen molar-refractivity contribution in [3.05, 3.63) is 54.1 Å². The maximum absolute atomic E-state index is 12.9. The lowest BCUT2D eigenvalue weighted by Crippen LogP contribution is -2.35. The van der Waals surface area contributed by atoms with E-state index in [1.807, 2.05) is 25.1 Å². The fourth-order valence-electron chi connectivity index (χ4n) is 4.14. The van der Waals surface area contributed by atoms with Crippen LogP contribution in [0.2, 0.25) is 0 Å². The Balaban J connectivity index is 1.40. The maximum atomic E-state index is 12.9. The number of piperidine rings is 1. The largest absolute Gasteiger partial charge is 0.385 e. The summed E-state index contributed by atoms with van der Waals surface area (Å²) in [7, 11) is -3.61. The summed E-state index contributed by atoms with van der Waals surface area (Å²) in [6.07, 6.45) is 3.51. The molecule has 1 fully saturated rings. The summed E-state index contributed by atoms with van der Waals surface area (Å²) >= 11 is 0. The van der Waals surface area contributed by atoms with Gasteiger partial charge >= 0.3 is 0 Å². The lowest BCUT2D eigenvalue weighted by Gasteiger charge is -2.26. The van der Waals surface area contributed by atoms with Crippen molar-refractivity contribution in [2.75, 3.05) is 36.5 Å². The average Bonchev–Trinajstić information content (AvgIpc) is 3.11. The molecule has 1 saturated heterocycles. The second-order valence-electron chi connectivity index (χ2n) is 8.23. The first-order chi connectivity index (χ1) is 16.4. The van der Waals surface area contributed by atoms with E-state index < -0.39 is 22.5 Å². The number of amides is 2. The van der Waals surface area contributed by atoms with Crippen molar-refractivity contribution in [1.82, 2.24) is 4.31 Å². The Kier molecular flexibility index (Phi) is 7.28. The van der Waals surface area contributed by atoms with Gasteiger partial charge in [-0.2, -0.15) is 4.31 Å². The fraction of sp³-hybridized carbons (Fsp3) is 0.375. The summed E-state index contributed by atoms with van der Waals surface area (Å²) < 4.78 is 27.2. The molecule has 2 heterocycles. The van der Waals surface area contributed by atoms with Gasteiger partial charge < -0.3 is 15.1 Å². The summed E-state index contributed by atoms with van der Waals surface area (Å²) in [5, 5.41) is 6.57. The number of sulfonamides is 1. The van der Waals surface area contributed by atoms with Gasteiger partial charge in [-0.3, -0.25) is 9.59 Å². The van der Waals surface area contributed by atoms with E-state index in [-0.39, 0.29) is 16.5 Å². The van der Waals surface area contributed by atoms with Crippen LogP contribution < -0.4 is 10.2 Å². The van der Waals surface area contributed by atoms with E-state index in [2.05, 4.69) is 10.5 Å². The van der Waals surface area contributed by atoms with Crippen LogP contribution in [-0.2, 0) is 24.4 Å². The number of benzene rings is 2. The van der Waals surface area contributed by atoms with Gasteiger partial charge in [-0.1, -0.05) is 42.8 Å². The highest BCUT2D eigenvalue weighted by Crippen LogP contribution is 2.29. The van der Waals surface area contributed by atoms with Gasteiger partial charge in [0.15, 0.2) is 12.3 Å². The van der Waals surface area contributed by atoms with Crippen molar-refractivity contribution in [2.24, 2.45) is 5.16 Å². The predicted molar refractivity (Wildman–Crippen MR) is 129 cm³/mol. The number of para-hydroxylation sites is 1. The Bertz CT molecular complexity index is 1210.